The van der Waals surface area contributed by atoms with Crippen LogP contribution in [-0.2, 0) is 0 Å². The van der Waals surface area contributed by atoms with Gasteiger partial charge in [-0.05, 0) is 32.8 Å². The van der Waals surface area contributed by atoms with E-state index in [4.69, 9.17) is 21.6 Å². The molecule has 1 rings (SSSR count). The number of nitro groups is 1. The molecule has 0 saturated heterocycles. The maximum absolute atomic E-state index is 10.8. The van der Waals surface area contributed by atoms with Crippen molar-refractivity contribution in [2.75, 3.05) is 6.61 Å². The molecule has 0 aliphatic rings. The fourth-order valence-electron chi connectivity index (χ4n) is 1.53. The van der Waals surface area contributed by atoms with Crippen molar-refractivity contribution in [1.82, 2.24) is 0 Å². The molecular formula is C13H15ClN2O3. The van der Waals surface area contributed by atoms with Crippen LogP contribution in [0.15, 0.2) is 18.2 Å². The molecule has 19 heavy (non-hydrogen) atoms. The number of halogens is 1. The summed E-state index contributed by atoms with van der Waals surface area (Å²) in [4.78, 5) is 10.3. The Balaban J connectivity index is 2.64. The highest BCUT2D eigenvalue weighted by Gasteiger charge is 2.19. The topological polar surface area (TPSA) is 76.2 Å². The van der Waals surface area contributed by atoms with Gasteiger partial charge in [-0.15, -0.1) is 0 Å². The third kappa shape index (κ3) is 4.42. The monoisotopic (exact) mass is 282 g/mol. The molecule has 0 bridgehead atoms. The molecule has 0 aliphatic carbocycles. The SMILES string of the molecule is CC(C)(C#N)CCCOc1c(Cl)cccc1[N+](=O)[O-]. The summed E-state index contributed by atoms with van der Waals surface area (Å²) in [7, 11) is 0. The third-order valence-electron chi connectivity index (χ3n) is 2.64. The third-order valence-corrected chi connectivity index (χ3v) is 2.94. The van der Waals surface area contributed by atoms with Crippen LogP contribution in [0.25, 0.3) is 0 Å². The number of para-hydroxylation sites is 1. The van der Waals surface area contributed by atoms with E-state index in [1.165, 1.54) is 12.1 Å². The molecule has 6 heteroatoms. The van der Waals surface area contributed by atoms with Crippen molar-refractivity contribution in [1.29, 1.82) is 5.26 Å². The van der Waals surface area contributed by atoms with Gasteiger partial charge in [-0.25, -0.2) is 0 Å². The molecule has 0 heterocycles. The van der Waals surface area contributed by atoms with Crippen LogP contribution < -0.4 is 4.74 Å². The Morgan fingerprint density at radius 1 is 1.53 bits per heavy atom. The first-order valence-electron chi connectivity index (χ1n) is 5.84. The van der Waals surface area contributed by atoms with Gasteiger partial charge >= 0.3 is 5.69 Å². The number of hydrogen-bond donors (Lipinski definition) is 0. The van der Waals surface area contributed by atoms with Crippen molar-refractivity contribution in [3.8, 4) is 11.8 Å². The van der Waals surface area contributed by atoms with Crippen molar-refractivity contribution in [2.45, 2.75) is 26.7 Å². The minimum Gasteiger partial charge on any atom is -0.486 e. The Labute approximate surface area is 116 Å². The van der Waals surface area contributed by atoms with Crippen molar-refractivity contribution in [3.63, 3.8) is 0 Å². The normalized spacial score (nSPS) is 10.8. The van der Waals surface area contributed by atoms with Crippen LogP contribution in [0.1, 0.15) is 26.7 Å². The highest BCUT2D eigenvalue weighted by Crippen LogP contribution is 2.34. The second-order valence-corrected chi connectivity index (χ2v) is 5.20. The summed E-state index contributed by atoms with van der Waals surface area (Å²) in [5.74, 6) is 0.0870. The van der Waals surface area contributed by atoms with Gasteiger partial charge in [-0.2, -0.15) is 5.26 Å². The molecule has 0 spiro atoms. The van der Waals surface area contributed by atoms with Gasteiger partial charge in [0.2, 0.25) is 5.75 Å². The molecule has 1 aromatic rings. The van der Waals surface area contributed by atoms with Crippen LogP contribution in [0.5, 0.6) is 5.75 Å². The van der Waals surface area contributed by atoms with Gasteiger partial charge in [0.15, 0.2) is 0 Å². The van der Waals surface area contributed by atoms with Gasteiger partial charge in [0.1, 0.15) is 0 Å². The maximum atomic E-state index is 10.8. The Hall–Kier alpha value is -1.80. The Morgan fingerprint density at radius 3 is 2.79 bits per heavy atom. The zero-order chi connectivity index (χ0) is 14.5. The van der Waals surface area contributed by atoms with Crippen LogP contribution in [0.3, 0.4) is 0 Å². The van der Waals surface area contributed by atoms with E-state index in [0.717, 1.165) is 0 Å². The van der Waals surface area contributed by atoms with Crippen LogP contribution in [0.4, 0.5) is 5.69 Å². The van der Waals surface area contributed by atoms with Crippen molar-refractivity contribution >= 4 is 17.3 Å². The first-order valence-corrected chi connectivity index (χ1v) is 6.22. The fourth-order valence-corrected chi connectivity index (χ4v) is 1.75. The summed E-state index contributed by atoms with van der Waals surface area (Å²) in [6.45, 7) is 3.96. The summed E-state index contributed by atoms with van der Waals surface area (Å²) >= 11 is 5.89. The van der Waals surface area contributed by atoms with Crippen LogP contribution in [-0.4, -0.2) is 11.5 Å². The second kappa shape index (κ2) is 6.39. The summed E-state index contributed by atoms with van der Waals surface area (Å²) in [6.07, 6.45) is 1.28. The molecular weight excluding hydrogens is 268 g/mol. The molecule has 0 unspecified atom stereocenters. The van der Waals surface area contributed by atoms with Crippen molar-refractivity contribution < 1.29 is 9.66 Å². The molecule has 1 aromatic carbocycles. The molecule has 0 radical (unpaired) electrons. The number of nitrogens with zero attached hydrogens (tertiary/aromatic N) is 2. The molecule has 0 saturated carbocycles. The second-order valence-electron chi connectivity index (χ2n) is 4.79. The van der Waals surface area contributed by atoms with E-state index in [9.17, 15) is 10.1 Å². The van der Waals surface area contributed by atoms with Gasteiger partial charge in [0.05, 0.1) is 28.0 Å². The zero-order valence-corrected chi connectivity index (χ0v) is 11.6. The summed E-state index contributed by atoms with van der Waals surface area (Å²) < 4.78 is 5.39. The average Bonchev–Trinajstić information content (AvgIpc) is 2.35. The molecule has 0 atom stereocenters. The lowest BCUT2D eigenvalue weighted by molar-refractivity contribution is -0.385. The van der Waals surface area contributed by atoms with E-state index in [-0.39, 0.29) is 23.1 Å². The number of nitriles is 1. The Morgan fingerprint density at radius 2 is 2.21 bits per heavy atom. The maximum Gasteiger partial charge on any atom is 0.312 e. The zero-order valence-electron chi connectivity index (χ0n) is 10.9. The number of nitro benzene ring substituents is 1. The molecule has 0 amide bonds. The quantitative estimate of drug-likeness (QED) is 0.449. The average molecular weight is 283 g/mol. The predicted molar refractivity (Wildman–Crippen MR) is 72.2 cm³/mol. The van der Waals surface area contributed by atoms with E-state index >= 15 is 0 Å². The summed E-state index contributed by atoms with van der Waals surface area (Å²) in [5.41, 5.74) is -0.567. The lowest BCUT2D eigenvalue weighted by Crippen LogP contribution is -2.10. The number of rotatable bonds is 6. The van der Waals surface area contributed by atoms with Gasteiger partial charge in [-0.3, -0.25) is 10.1 Å². The Bertz CT molecular complexity index is 509. The van der Waals surface area contributed by atoms with Gasteiger partial charge in [0.25, 0.3) is 0 Å². The first kappa shape index (κ1) is 15.3. The van der Waals surface area contributed by atoms with E-state index in [0.29, 0.717) is 12.8 Å². The number of ether oxygens (including phenoxy) is 1. The minimum atomic E-state index is -0.527. The molecule has 5 nitrogen and oxygen atoms in total. The van der Waals surface area contributed by atoms with E-state index in [1.807, 2.05) is 13.8 Å². The van der Waals surface area contributed by atoms with E-state index in [1.54, 1.807) is 6.07 Å². The largest absolute Gasteiger partial charge is 0.486 e. The minimum absolute atomic E-state index is 0.0870. The van der Waals surface area contributed by atoms with Gasteiger partial charge in [0, 0.05) is 6.07 Å². The lowest BCUT2D eigenvalue weighted by Gasteiger charge is -2.15. The lowest BCUT2D eigenvalue weighted by atomic mass is 9.90. The van der Waals surface area contributed by atoms with Crippen molar-refractivity contribution in [3.05, 3.63) is 33.3 Å². The van der Waals surface area contributed by atoms with Crippen LogP contribution >= 0.6 is 11.6 Å². The van der Waals surface area contributed by atoms with Crippen molar-refractivity contribution in [2.24, 2.45) is 5.41 Å². The predicted octanol–water partition coefficient (Wildman–Crippen LogP) is 3.96. The number of hydrogen-bond acceptors (Lipinski definition) is 4. The smallest absolute Gasteiger partial charge is 0.312 e. The van der Waals surface area contributed by atoms with Crippen LogP contribution in [0.2, 0.25) is 5.02 Å². The van der Waals surface area contributed by atoms with Gasteiger partial charge in [-0.1, -0.05) is 17.7 Å². The Kier molecular flexibility index (Phi) is 5.13. The fraction of sp³-hybridized carbons (Fsp3) is 0.462. The summed E-state index contributed by atoms with van der Waals surface area (Å²) in [5, 5.41) is 19.9. The standard InChI is InChI=1S/C13H15ClN2O3/c1-13(2,9-15)7-4-8-19-12-10(14)5-3-6-11(12)16(17)18/h3,5-6H,4,7-8H2,1-2H3. The highest BCUT2D eigenvalue weighted by molar-refractivity contribution is 6.32. The molecule has 0 aromatic heterocycles. The molecule has 0 N–H and O–H groups in total. The van der Waals surface area contributed by atoms with E-state index in [2.05, 4.69) is 6.07 Å². The van der Waals surface area contributed by atoms with Crippen LogP contribution in [0, 0.1) is 26.9 Å². The van der Waals surface area contributed by atoms with E-state index < -0.39 is 10.3 Å². The van der Waals surface area contributed by atoms with Gasteiger partial charge < -0.3 is 4.74 Å². The molecule has 102 valence electrons. The highest BCUT2D eigenvalue weighted by atomic mass is 35.5. The summed E-state index contributed by atoms with van der Waals surface area (Å²) in [6, 6.07) is 6.59. The molecule has 0 aliphatic heterocycles. The number of benzene rings is 1. The molecule has 0 fully saturated rings. The first-order chi connectivity index (χ1) is 8.87.